The maximum atomic E-state index is 12.6. The Labute approximate surface area is 173 Å². The van der Waals surface area contributed by atoms with Crippen molar-refractivity contribution in [2.24, 2.45) is 5.92 Å². The van der Waals surface area contributed by atoms with Crippen molar-refractivity contribution in [2.75, 3.05) is 27.7 Å². The van der Waals surface area contributed by atoms with Gasteiger partial charge in [0.1, 0.15) is 11.9 Å². The van der Waals surface area contributed by atoms with Crippen LogP contribution in [0.25, 0.3) is 0 Å². The van der Waals surface area contributed by atoms with Crippen LogP contribution in [0.3, 0.4) is 0 Å². The number of carbonyl (C=O) groups excluding carboxylic acids is 1. The van der Waals surface area contributed by atoms with E-state index in [1.165, 1.54) is 0 Å². The third-order valence-electron chi connectivity index (χ3n) is 5.79. The second-order valence-electron chi connectivity index (χ2n) is 8.28. The Balaban J connectivity index is 1.77. The van der Waals surface area contributed by atoms with Crippen LogP contribution in [0, 0.1) is 12.8 Å². The number of hydrogen-bond acceptors (Lipinski definition) is 5. The van der Waals surface area contributed by atoms with Gasteiger partial charge in [-0.15, -0.1) is 0 Å². The molecule has 0 spiro atoms. The molecule has 0 aromatic heterocycles. The maximum absolute atomic E-state index is 12.6. The second-order valence-corrected chi connectivity index (χ2v) is 8.28. The fraction of sp³-hybridized carbons (Fsp3) is 0.458. The highest BCUT2D eigenvalue weighted by Crippen LogP contribution is 2.43. The molecule has 0 amide bonds. The highest BCUT2D eigenvalue weighted by Gasteiger charge is 2.44. The zero-order chi connectivity index (χ0) is 21.0. The van der Waals surface area contributed by atoms with Gasteiger partial charge in [0.05, 0.1) is 18.3 Å². The van der Waals surface area contributed by atoms with E-state index in [-0.39, 0.29) is 18.0 Å². The van der Waals surface area contributed by atoms with Gasteiger partial charge in [0.15, 0.2) is 0 Å². The molecule has 1 N–H and O–H groups in total. The number of hydrogen-bond donors (Lipinski definition) is 1. The van der Waals surface area contributed by atoms with Crippen molar-refractivity contribution in [3.63, 3.8) is 0 Å². The standard InChI is InChI=1S/C24H31NO4/c1-17-8-10-18(11-9-17)23(26)29-22-12-13-24(27,20(15-22)16-25(2)3)19-6-5-7-21(14-19)28-4/h5-11,14,20,22,27H,12-13,15-16H2,1-4H3. The number of nitrogens with zero attached hydrogens (tertiary/aromatic N) is 1. The Morgan fingerprint density at radius 3 is 2.59 bits per heavy atom. The molecule has 0 aliphatic heterocycles. The van der Waals surface area contributed by atoms with Crippen molar-refractivity contribution in [3.8, 4) is 5.75 Å². The third kappa shape index (κ3) is 4.98. The van der Waals surface area contributed by atoms with Gasteiger partial charge in [0.2, 0.25) is 0 Å². The molecule has 0 radical (unpaired) electrons. The van der Waals surface area contributed by atoms with E-state index in [0.29, 0.717) is 31.4 Å². The lowest BCUT2D eigenvalue weighted by molar-refractivity contribution is -0.0960. The molecule has 1 aliphatic carbocycles. The van der Waals surface area contributed by atoms with Crippen LogP contribution in [0.15, 0.2) is 48.5 Å². The number of benzene rings is 2. The largest absolute Gasteiger partial charge is 0.497 e. The monoisotopic (exact) mass is 397 g/mol. The molecule has 156 valence electrons. The van der Waals surface area contributed by atoms with E-state index in [2.05, 4.69) is 4.90 Å². The van der Waals surface area contributed by atoms with Gasteiger partial charge in [-0.25, -0.2) is 4.79 Å². The predicted molar refractivity (Wildman–Crippen MR) is 113 cm³/mol. The molecule has 0 heterocycles. The van der Waals surface area contributed by atoms with E-state index in [0.717, 1.165) is 16.9 Å². The number of aliphatic hydroxyl groups is 1. The predicted octanol–water partition coefficient (Wildman–Crippen LogP) is 3.78. The highest BCUT2D eigenvalue weighted by atomic mass is 16.5. The summed E-state index contributed by atoms with van der Waals surface area (Å²) in [4.78, 5) is 14.6. The van der Waals surface area contributed by atoms with Crippen LogP contribution in [0.4, 0.5) is 0 Å². The minimum Gasteiger partial charge on any atom is -0.497 e. The van der Waals surface area contributed by atoms with E-state index >= 15 is 0 Å². The van der Waals surface area contributed by atoms with Crippen molar-refractivity contribution < 1.29 is 19.4 Å². The number of carbonyl (C=O) groups is 1. The van der Waals surface area contributed by atoms with E-state index in [9.17, 15) is 9.90 Å². The maximum Gasteiger partial charge on any atom is 0.338 e. The lowest BCUT2D eigenvalue weighted by Gasteiger charge is -2.44. The molecule has 3 rings (SSSR count). The van der Waals surface area contributed by atoms with Gasteiger partial charge in [0, 0.05) is 12.5 Å². The average molecular weight is 398 g/mol. The summed E-state index contributed by atoms with van der Waals surface area (Å²) in [6.07, 6.45) is 1.56. The van der Waals surface area contributed by atoms with Crippen LogP contribution < -0.4 is 4.74 Å². The Morgan fingerprint density at radius 2 is 1.93 bits per heavy atom. The summed E-state index contributed by atoms with van der Waals surface area (Å²) in [6.45, 7) is 2.69. The van der Waals surface area contributed by atoms with Crippen LogP contribution in [0.1, 0.15) is 40.7 Å². The lowest BCUT2D eigenvalue weighted by Crippen LogP contribution is -2.47. The van der Waals surface area contributed by atoms with Crippen LogP contribution in [0.5, 0.6) is 5.75 Å². The fourth-order valence-electron chi connectivity index (χ4n) is 4.17. The molecule has 1 fully saturated rings. The SMILES string of the molecule is COc1cccc(C2(O)CCC(OC(=O)c3ccc(C)cc3)CC2CN(C)C)c1. The summed E-state index contributed by atoms with van der Waals surface area (Å²) in [5.74, 6) is 0.368. The third-order valence-corrected chi connectivity index (χ3v) is 5.79. The number of aryl methyl sites for hydroxylation is 1. The first kappa shape index (κ1) is 21.3. The average Bonchev–Trinajstić information content (AvgIpc) is 2.70. The minimum absolute atomic E-state index is 0.0610. The normalized spacial score (nSPS) is 24.3. The van der Waals surface area contributed by atoms with Gasteiger partial charge in [0.25, 0.3) is 0 Å². The van der Waals surface area contributed by atoms with E-state index in [1.54, 1.807) is 19.2 Å². The highest BCUT2D eigenvalue weighted by molar-refractivity contribution is 5.89. The zero-order valence-electron chi connectivity index (χ0n) is 17.7. The van der Waals surface area contributed by atoms with Gasteiger partial charge in [-0.2, -0.15) is 0 Å². The molecule has 1 aliphatic rings. The summed E-state index contributed by atoms with van der Waals surface area (Å²) >= 11 is 0. The summed E-state index contributed by atoms with van der Waals surface area (Å²) in [7, 11) is 5.61. The smallest absolute Gasteiger partial charge is 0.338 e. The summed E-state index contributed by atoms with van der Waals surface area (Å²) < 4.78 is 11.2. The van der Waals surface area contributed by atoms with Gasteiger partial charge in [-0.05, 0) is 70.1 Å². The minimum atomic E-state index is -0.981. The van der Waals surface area contributed by atoms with Gasteiger partial charge >= 0.3 is 5.97 Å². The molecule has 0 saturated heterocycles. The first-order valence-electron chi connectivity index (χ1n) is 10.1. The second kappa shape index (κ2) is 8.97. The van der Waals surface area contributed by atoms with Gasteiger partial charge in [-0.3, -0.25) is 0 Å². The number of ether oxygens (including phenoxy) is 2. The molecule has 2 aromatic carbocycles. The molecule has 5 heteroatoms. The van der Waals surface area contributed by atoms with Crippen LogP contribution in [-0.2, 0) is 10.3 Å². The molecule has 3 unspecified atom stereocenters. The number of rotatable bonds is 6. The fourth-order valence-corrected chi connectivity index (χ4v) is 4.17. The molecule has 5 nitrogen and oxygen atoms in total. The molecule has 0 bridgehead atoms. The van der Waals surface area contributed by atoms with Gasteiger partial charge in [-0.1, -0.05) is 29.8 Å². The zero-order valence-corrected chi connectivity index (χ0v) is 17.7. The molecule has 1 saturated carbocycles. The Bertz CT molecular complexity index is 833. The Morgan fingerprint density at radius 1 is 1.21 bits per heavy atom. The van der Waals surface area contributed by atoms with Gasteiger partial charge < -0.3 is 19.5 Å². The Kier molecular flexibility index (Phi) is 6.60. The van der Waals surface area contributed by atoms with E-state index < -0.39 is 5.60 Å². The van der Waals surface area contributed by atoms with Crippen LogP contribution in [0.2, 0.25) is 0 Å². The first-order chi connectivity index (χ1) is 13.8. The molecule has 3 atom stereocenters. The molecular formula is C24H31NO4. The van der Waals surface area contributed by atoms with Crippen molar-refractivity contribution in [3.05, 3.63) is 65.2 Å². The topological polar surface area (TPSA) is 59.0 Å². The summed E-state index contributed by atoms with van der Waals surface area (Å²) in [6, 6.07) is 15.0. The molecular weight excluding hydrogens is 366 g/mol. The molecule has 2 aromatic rings. The lowest BCUT2D eigenvalue weighted by atomic mass is 9.70. The van der Waals surface area contributed by atoms with Crippen LogP contribution >= 0.6 is 0 Å². The first-order valence-corrected chi connectivity index (χ1v) is 10.1. The van der Waals surface area contributed by atoms with Crippen molar-refractivity contribution in [1.82, 2.24) is 4.90 Å². The Hall–Kier alpha value is -2.37. The number of esters is 1. The summed E-state index contributed by atoms with van der Waals surface area (Å²) in [5.41, 5.74) is 1.54. The van der Waals surface area contributed by atoms with Crippen molar-refractivity contribution in [2.45, 2.75) is 37.9 Å². The van der Waals surface area contributed by atoms with Crippen molar-refractivity contribution >= 4 is 5.97 Å². The number of methoxy groups -OCH3 is 1. The molecule has 29 heavy (non-hydrogen) atoms. The van der Waals surface area contributed by atoms with E-state index in [4.69, 9.17) is 9.47 Å². The van der Waals surface area contributed by atoms with E-state index in [1.807, 2.05) is 57.4 Å². The quantitative estimate of drug-likeness (QED) is 0.752. The summed E-state index contributed by atoms with van der Waals surface area (Å²) in [5, 5.41) is 11.6. The van der Waals surface area contributed by atoms with Crippen molar-refractivity contribution in [1.29, 1.82) is 0 Å². The van der Waals surface area contributed by atoms with Crippen LogP contribution in [-0.4, -0.2) is 49.8 Å².